The molecule has 0 amide bonds. The van der Waals surface area contributed by atoms with Crippen LogP contribution < -0.4 is 0 Å². The van der Waals surface area contributed by atoms with Gasteiger partial charge in [-0.2, -0.15) is 5.10 Å². The molecule has 1 N–H and O–H groups in total. The number of nitrogens with zero attached hydrogens (tertiary/aromatic N) is 5. The summed E-state index contributed by atoms with van der Waals surface area (Å²) in [6.07, 6.45) is 11.6. The average Bonchev–Trinajstić information content (AvgIpc) is 3.31. The number of hydrogen-bond acceptors (Lipinski definition) is 6. The zero-order valence-electron chi connectivity index (χ0n) is 23.8. The summed E-state index contributed by atoms with van der Waals surface area (Å²) < 4.78 is 5.74. The van der Waals surface area contributed by atoms with E-state index in [1.807, 2.05) is 30.7 Å². The van der Waals surface area contributed by atoms with E-state index >= 15 is 0 Å². The zero-order valence-corrected chi connectivity index (χ0v) is 23.8. The van der Waals surface area contributed by atoms with Crippen LogP contribution in [-0.4, -0.2) is 61.9 Å². The van der Waals surface area contributed by atoms with Gasteiger partial charge in [0.05, 0.1) is 23.7 Å². The molecule has 1 aliphatic carbocycles. The normalized spacial score (nSPS) is 19.1. The molecule has 7 heteroatoms. The number of ether oxygens (including phenoxy) is 1. The fourth-order valence-electron chi connectivity index (χ4n) is 6.50. The minimum Gasteiger partial charge on any atom is -0.380 e. The van der Waals surface area contributed by atoms with Crippen molar-refractivity contribution < 1.29 is 6.16 Å². The first kappa shape index (κ1) is 26.0. The van der Waals surface area contributed by atoms with Crippen molar-refractivity contribution in [2.45, 2.75) is 58.0 Å². The maximum Gasteiger partial charge on any atom is 0.181 e. The number of aromatic amines is 1. The van der Waals surface area contributed by atoms with Crippen LogP contribution in [0.1, 0.15) is 44.3 Å². The molecule has 2 aliphatic rings. The SMILES string of the molecule is CCOCC1CCN1[C@H]1CCc2ccc(-c3cnc4n[nH]c(-c5ccc(-c6ncccc6C)cn5)c4c3)cc2CC1.[HH]. The fourth-order valence-corrected chi connectivity index (χ4v) is 6.50. The van der Waals surface area contributed by atoms with Crippen LogP contribution in [0.15, 0.2) is 67.1 Å². The van der Waals surface area contributed by atoms with E-state index in [-0.39, 0.29) is 1.43 Å². The lowest BCUT2D eigenvalue weighted by atomic mass is 9.96. The van der Waals surface area contributed by atoms with E-state index in [2.05, 4.69) is 70.3 Å². The van der Waals surface area contributed by atoms with E-state index in [0.29, 0.717) is 17.7 Å². The Hall–Kier alpha value is -3.94. The van der Waals surface area contributed by atoms with Crippen molar-refractivity contribution in [3.63, 3.8) is 0 Å². The van der Waals surface area contributed by atoms with Crippen molar-refractivity contribution in [3.05, 3.63) is 83.8 Å². The van der Waals surface area contributed by atoms with Gasteiger partial charge in [-0.3, -0.25) is 20.0 Å². The third-order valence-electron chi connectivity index (χ3n) is 8.92. The molecule has 1 aliphatic heterocycles. The van der Waals surface area contributed by atoms with Gasteiger partial charge in [-0.05, 0) is 92.5 Å². The maximum atomic E-state index is 5.74. The lowest BCUT2D eigenvalue weighted by molar-refractivity contribution is -0.0220. The predicted molar refractivity (Wildman–Crippen MR) is 165 cm³/mol. The van der Waals surface area contributed by atoms with Gasteiger partial charge in [0.25, 0.3) is 0 Å². The number of H-pyrrole nitrogens is 1. The van der Waals surface area contributed by atoms with Gasteiger partial charge >= 0.3 is 0 Å². The minimum absolute atomic E-state index is 0. The van der Waals surface area contributed by atoms with E-state index in [4.69, 9.17) is 14.7 Å². The second kappa shape index (κ2) is 11.1. The third-order valence-corrected chi connectivity index (χ3v) is 8.92. The first-order valence-electron chi connectivity index (χ1n) is 14.9. The number of benzene rings is 1. The lowest BCUT2D eigenvalue weighted by Crippen LogP contribution is -2.55. The van der Waals surface area contributed by atoms with Gasteiger partial charge < -0.3 is 4.74 Å². The first-order chi connectivity index (χ1) is 20.2. The molecule has 4 aromatic heterocycles. The lowest BCUT2D eigenvalue weighted by Gasteiger charge is -2.46. The van der Waals surface area contributed by atoms with Crippen LogP contribution in [0.25, 0.3) is 44.8 Å². The summed E-state index contributed by atoms with van der Waals surface area (Å²) in [6.45, 7) is 7.04. The van der Waals surface area contributed by atoms with E-state index in [0.717, 1.165) is 65.2 Å². The molecule has 0 spiro atoms. The smallest absolute Gasteiger partial charge is 0.181 e. The monoisotopic (exact) mass is 546 g/mol. The Labute approximate surface area is 242 Å². The third kappa shape index (κ3) is 5.04. The molecular formula is C34H38N6O. The Morgan fingerprint density at radius 2 is 1.78 bits per heavy atom. The second-order valence-corrected chi connectivity index (χ2v) is 11.3. The number of likely N-dealkylation sites (tertiary alicyclic amines) is 1. The zero-order chi connectivity index (χ0) is 27.8. The minimum atomic E-state index is 0. The van der Waals surface area contributed by atoms with Crippen LogP contribution in [0.2, 0.25) is 0 Å². The van der Waals surface area contributed by atoms with Crippen molar-refractivity contribution in [1.82, 2.24) is 30.0 Å². The molecule has 5 heterocycles. The van der Waals surface area contributed by atoms with Crippen LogP contribution in [-0.2, 0) is 17.6 Å². The molecular weight excluding hydrogens is 508 g/mol. The van der Waals surface area contributed by atoms with E-state index < -0.39 is 0 Å². The number of aryl methyl sites for hydroxylation is 3. The van der Waals surface area contributed by atoms with Crippen molar-refractivity contribution in [1.29, 1.82) is 0 Å². The summed E-state index contributed by atoms with van der Waals surface area (Å²) in [5.41, 5.74) is 10.8. The Bertz CT molecular complexity index is 1680. The molecule has 1 fully saturated rings. The highest BCUT2D eigenvalue weighted by Gasteiger charge is 2.34. The van der Waals surface area contributed by atoms with Crippen LogP contribution in [0.3, 0.4) is 0 Å². The van der Waals surface area contributed by atoms with Crippen molar-refractivity contribution >= 4 is 11.0 Å². The van der Waals surface area contributed by atoms with Gasteiger partial charge in [0.2, 0.25) is 0 Å². The predicted octanol–water partition coefficient (Wildman–Crippen LogP) is 6.66. The van der Waals surface area contributed by atoms with Crippen LogP contribution >= 0.6 is 0 Å². The molecule has 41 heavy (non-hydrogen) atoms. The maximum absolute atomic E-state index is 5.74. The van der Waals surface area contributed by atoms with Crippen LogP contribution in [0.4, 0.5) is 0 Å². The van der Waals surface area contributed by atoms with E-state index in [9.17, 15) is 0 Å². The van der Waals surface area contributed by atoms with Crippen LogP contribution in [0, 0.1) is 6.92 Å². The standard InChI is InChI=1S/C34H36N6O.H2/c1-3-41-21-29-14-16-40(29)28-11-8-23-6-7-25(17-24(23)9-12-28)27-18-30-33(38-39-34(30)37-20-27)31-13-10-26(19-36-31)32-22(2)5-4-15-35-32;/h4-7,10,13,15,17-20,28-29H,3,8-9,11-12,14,16,21H2,1-2H3,(H,37,38,39);1H/t28-,29?;/m0./s1. The van der Waals surface area contributed by atoms with Gasteiger partial charge in [-0.25, -0.2) is 4.98 Å². The van der Waals surface area contributed by atoms with E-state index in [1.165, 1.54) is 42.5 Å². The van der Waals surface area contributed by atoms with Crippen LogP contribution in [0.5, 0.6) is 0 Å². The second-order valence-electron chi connectivity index (χ2n) is 11.3. The van der Waals surface area contributed by atoms with Crippen molar-refractivity contribution in [2.24, 2.45) is 0 Å². The van der Waals surface area contributed by atoms with E-state index in [1.54, 1.807) is 0 Å². The quantitative estimate of drug-likeness (QED) is 0.230. The molecule has 0 radical (unpaired) electrons. The van der Waals surface area contributed by atoms with Gasteiger partial charge in [0.15, 0.2) is 5.65 Å². The molecule has 7 nitrogen and oxygen atoms in total. The van der Waals surface area contributed by atoms with Gasteiger partial charge in [-0.15, -0.1) is 0 Å². The summed E-state index contributed by atoms with van der Waals surface area (Å²) in [6, 6.07) is 18.5. The highest BCUT2D eigenvalue weighted by Crippen LogP contribution is 2.34. The molecule has 0 bridgehead atoms. The number of nitrogens with one attached hydrogen (secondary N) is 1. The molecule has 1 saturated heterocycles. The first-order valence-corrected chi connectivity index (χ1v) is 14.9. The number of aromatic nitrogens is 5. The summed E-state index contributed by atoms with van der Waals surface area (Å²) in [5, 5.41) is 8.62. The number of fused-ring (bicyclic) bond motifs is 2. The largest absolute Gasteiger partial charge is 0.380 e. The topological polar surface area (TPSA) is 79.8 Å². The number of rotatable bonds is 7. The summed E-state index contributed by atoms with van der Waals surface area (Å²) in [4.78, 5) is 16.7. The molecule has 5 aromatic rings. The molecule has 1 aromatic carbocycles. The van der Waals surface area contributed by atoms with Gasteiger partial charge in [0.1, 0.15) is 0 Å². The van der Waals surface area contributed by atoms with Gasteiger partial charge in [0, 0.05) is 61.8 Å². The molecule has 1 unspecified atom stereocenters. The highest BCUT2D eigenvalue weighted by molar-refractivity contribution is 5.92. The summed E-state index contributed by atoms with van der Waals surface area (Å²) in [7, 11) is 0. The summed E-state index contributed by atoms with van der Waals surface area (Å²) >= 11 is 0. The highest BCUT2D eigenvalue weighted by atomic mass is 16.5. The Morgan fingerprint density at radius 3 is 2.56 bits per heavy atom. The van der Waals surface area contributed by atoms with Gasteiger partial charge in [-0.1, -0.05) is 24.3 Å². The Morgan fingerprint density at radius 1 is 0.927 bits per heavy atom. The Kier molecular flexibility index (Phi) is 7.07. The fraction of sp³-hybridized carbons (Fsp3) is 0.353. The Balaban J connectivity index is 0.00000316. The van der Waals surface area contributed by atoms with Crippen molar-refractivity contribution in [2.75, 3.05) is 19.8 Å². The van der Waals surface area contributed by atoms with Crippen molar-refractivity contribution in [3.8, 4) is 33.8 Å². The molecule has 0 saturated carbocycles. The molecule has 7 rings (SSSR count). The number of hydrogen-bond donors (Lipinski definition) is 1. The molecule has 2 atom stereocenters. The molecule has 210 valence electrons. The summed E-state index contributed by atoms with van der Waals surface area (Å²) in [5.74, 6) is 0. The average molecular weight is 547 g/mol. The number of pyridine rings is 3.